The van der Waals surface area contributed by atoms with Gasteiger partial charge in [-0.1, -0.05) is 37.7 Å². The van der Waals surface area contributed by atoms with Crippen LogP contribution in [0, 0.1) is 5.82 Å². The number of rotatable bonds is 11. The molecule has 0 aliphatic heterocycles. The average Bonchev–Trinajstić information content (AvgIpc) is 3.32. The van der Waals surface area contributed by atoms with E-state index in [1.54, 1.807) is 24.5 Å². The van der Waals surface area contributed by atoms with Gasteiger partial charge < -0.3 is 9.73 Å². The number of carbonyl (C=O) groups is 1. The number of carbonyl (C=O) groups excluding carboxylic acids is 1. The molecule has 4 rings (SSSR count). The van der Waals surface area contributed by atoms with Crippen molar-refractivity contribution < 1.29 is 13.6 Å². The van der Waals surface area contributed by atoms with Gasteiger partial charge >= 0.3 is 0 Å². The van der Waals surface area contributed by atoms with Crippen molar-refractivity contribution in [2.45, 2.75) is 43.9 Å². The molecule has 0 bridgehead atoms. The van der Waals surface area contributed by atoms with Crippen molar-refractivity contribution >= 4 is 17.7 Å². The van der Waals surface area contributed by atoms with E-state index in [-0.39, 0.29) is 29.6 Å². The van der Waals surface area contributed by atoms with Crippen LogP contribution in [0.1, 0.15) is 44.5 Å². The van der Waals surface area contributed by atoms with Gasteiger partial charge in [0.1, 0.15) is 11.6 Å². The molecule has 0 spiro atoms. The van der Waals surface area contributed by atoms with Crippen LogP contribution in [-0.4, -0.2) is 51.0 Å². The molecular formula is C23H28FN5O2S. The Balaban J connectivity index is 1.41. The van der Waals surface area contributed by atoms with E-state index >= 15 is 0 Å². The van der Waals surface area contributed by atoms with Crippen LogP contribution in [0.2, 0.25) is 0 Å². The Labute approximate surface area is 191 Å². The first-order valence-corrected chi connectivity index (χ1v) is 12.0. The van der Waals surface area contributed by atoms with E-state index < -0.39 is 0 Å². The zero-order valence-corrected chi connectivity index (χ0v) is 19.1. The predicted octanol–water partition coefficient (Wildman–Crippen LogP) is 4.30. The van der Waals surface area contributed by atoms with Crippen LogP contribution in [0.4, 0.5) is 4.39 Å². The van der Waals surface area contributed by atoms with E-state index in [1.165, 1.54) is 17.8 Å². The fraction of sp³-hybridized carbons (Fsp3) is 0.435. The topological polar surface area (TPSA) is 76.2 Å². The number of amides is 1. The van der Waals surface area contributed by atoms with Crippen molar-refractivity contribution in [1.29, 1.82) is 0 Å². The van der Waals surface area contributed by atoms with Crippen molar-refractivity contribution in [3.05, 3.63) is 54.2 Å². The van der Waals surface area contributed by atoms with Crippen molar-refractivity contribution in [2.24, 2.45) is 0 Å². The number of furan rings is 1. The fourth-order valence-electron chi connectivity index (χ4n) is 3.81. The summed E-state index contributed by atoms with van der Waals surface area (Å²) in [4.78, 5) is 14.9. The van der Waals surface area contributed by atoms with Gasteiger partial charge in [0.05, 0.1) is 23.6 Å². The second-order valence-corrected chi connectivity index (χ2v) is 8.67. The highest BCUT2D eigenvalue weighted by Gasteiger charge is 2.31. The third-order valence-corrected chi connectivity index (χ3v) is 6.58. The SMILES string of the molecule is CCN(CC)C(CNC(=O)CSc1nnc(-c2ccccc2F)n1C1CC1)c1ccco1. The summed E-state index contributed by atoms with van der Waals surface area (Å²) in [5.41, 5.74) is 0.434. The van der Waals surface area contributed by atoms with E-state index in [1.807, 2.05) is 16.7 Å². The van der Waals surface area contributed by atoms with Gasteiger partial charge in [-0.2, -0.15) is 0 Å². The molecule has 1 aromatic carbocycles. The number of thioether (sulfide) groups is 1. The Morgan fingerprint density at radius 1 is 1.25 bits per heavy atom. The lowest BCUT2D eigenvalue weighted by atomic mass is 10.2. The molecule has 1 unspecified atom stereocenters. The molecular weight excluding hydrogens is 429 g/mol. The summed E-state index contributed by atoms with van der Waals surface area (Å²) in [5.74, 6) is 1.16. The summed E-state index contributed by atoms with van der Waals surface area (Å²) < 4.78 is 21.9. The number of benzene rings is 1. The number of hydrogen-bond acceptors (Lipinski definition) is 6. The van der Waals surface area contributed by atoms with E-state index in [0.29, 0.717) is 23.1 Å². The molecule has 1 saturated carbocycles. The van der Waals surface area contributed by atoms with Gasteiger partial charge in [0, 0.05) is 12.6 Å². The molecule has 2 aromatic heterocycles. The Morgan fingerprint density at radius 3 is 2.69 bits per heavy atom. The first kappa shape index (κ1) is 22.5. The number of hydrogen-bond donors (Lipinski definition) is 1. The third kappa shape index (κ3) is 5.05. The van der Waals surface area contributed by atoms with E-state index in [0.717, 1.165) is 31.7 Å². The lowest BCUT2D eigenvalue weighted by molar-refractivity contribution is -0.118. The van der Waals surface area contributed by atoms with Crippen molar-refractivity contribution in [3.63, 3.8) is 0 Å². The largest absolute Gasteiger partial charge is 0.468 e. The molecule has 0 radical (unpaired) electrons. The standard InChI is InChI=1S/C23H28FN5O2S/c1-3-28(4-2)19(20-10-7-13-31-20)14-25-21(30)15-32-23-27-26-22(29(23)16-11-12-16)17-8-5-6-9-18(17)24/h5-10,13,16,19H,3-4,11-12,14-15H2,1-2H3,(H,25,30). The number of aromatic nitrogens is 3. The molecule has 7 nitrogen and oxygen atoms in total. The van der Waals surface area contributed by atoms with Crippen molar-refractivity contribution in [2.75, 3.05) is 25.4 Å². The minimum atomic E-state index is -0.323. The molecule has 1 N–H and O–H groups in total. The summed E-state index contributed by atoms with van der Waals surface area (Å²) in [5, 5.41) is 12.2. The molecule has 32 heavy (non-hydrogen) atoms. The Hall–Kier alpha value is -2.65. The van der Waals surface area contributed by atoms with Gasteiger partial charge in [-0.3, -0.25) is 14.3 Å². The second kappa shape index (κ2) is 10.3. The summed E-state index contributed by atoms with van der Waals surface area (Å²) in [7, 11) is 0. The maximum Gasteiger partial charge on any atom is 0.230 e. The van der Waals surface area contributed by atoms with Gasteiger partial charge in [0.25, 0.3) is 0 Å². The fourth-order valence-corrected chi connectivity index (χ4v) is 4.65. The highest BCUT2D eigenvalue weighted by molar-refractivity contribution is 7.99. The summed E-state index contributed by atoms with van der Waals surface area (Å²) in [6.45, 7) is 6.36. The zero-order valence-electron chi connectivity index (χ0n) is 18.3. The molecule has 1 fully saturated rings. The highest BCUT2D eigenvalue weighted by atomic mass is 32.2. The number of likely N-dealkylation sites (N-methyl/N-ethyl adjacent to an activating group) is 1. The Bertz CT molecular complexity index is 1030. The normalized spacial score (nSPS) is 14.6. The molecule has 2 heterocycles. The van der Waals surface area contributed by atoms with Crippen LogP contribution in [0.15, 0.2) is 52.2 Å². The first-order chi connectivity index (χ1) is 15.6. The molecule has 1 aliphatic carbocycles. The molecule has 3 aromatic rings. The van der Waals surface area contributed by atoms with Crippen molar-refractivity contribution in [1.82, 2.24) is 25.0 Å². The predicted molar refractivity (Wildman–Crippen MR) is 122 cm³/mol. The van der Waals surface area contributed by atoms with Crippen molar-refractivity contribution in [3.8, 4) is 11.4 Å². The molecule has 170 valence electrons. The lowest BCUT2D eigenvalue weighted by Gasteiger charge is -2.28. The maximum absolute atomic E-state index is 14.3. The summed E-state index contributed by atoms with van der Waals surface area (Å²) in [6, 6.07) is 10.6. The minimum Gasteiger partial charge on any atom is -0.468 e. The Kier molecular flexibility index (Phi) is 7.26. The number of nitrogens with one attached hydrogen (secondary N) is 1. The molecule has 9 heteroatoms. The monoisotopic (exact) mass is 457 g/mol. The Morgan fingerprint density at radius 2 is 2.03 bits per heavy atom. The highest BCUT2D eigenvalue weighted by Crippen LogP contribution is 2.41. The zero-order chi connectivity index (χ0) is 22.5. The van der Waals surface area contributed by atoms with Crippen LogP contribution in [0.25, 0.3) is 11.4 Å². The van der Waals surface area contributed by atoms with Gasteiger partial charge in [-0.05, 0) is 50.2 Å². The van der Waals surface area contributed by atoms with Gasteiger partial charge in [-0.15, -0.1) is 10.2 Å². The smallest absolute Gasteiger partial charge is 0.230 e. The van der Waals surface area contributed by atoms with E-state index in [4.69, 9.17) is 4.42 Å². The second-order valence-electron chi connectivity index (χ2n) is 7.73. The summed E-state index contributed by atoms with van der Waals surface area (Å²) >= 11 is 1.33. The third-order valence-electron chi connectivity index (χ3n) is 5.64. The first-order valence-electron chi connectivity index (χ1n) is 11.0. The lowest BCUT2D eigenvalue weighted by Crippen LogP contribution is -2.38. The number of nitrogens with zero attached hydrogens (tertiary/aromatic N) is 4. The minimum absolute atomic E-state index is 0.0169. The maximum atomic E-state index is 14.3. The molecule has 1 aliphatic rings. The number of halogens is 1. The molecule has 1 amide bonds. The van der Waals surface area contributed by atoms with E-state index in [2.05, 4.69) is 34.3 Å². The average molecular weight is 458 g/mol. The van der Waals surface area contributed by atoms with Crippen LogP contribution >= 0.6 is 11.8 Å². The van der Waals surface area contributed by atoms with E-state index in [9.17, 15) is 9.18 Å². The molecule has 1 atom stereocenters. The van der Waals surface area contributed by atoms with Crippen LogP contribution in [-0.2, 0) is 4.79 Å². The summed E-state index contributed by atoms with van der Waals surface area (Å²) in [6.07, 6.45) is 3.67. The van der Waals surface area contributed by atoms with Gasteiger partial charge in [-0.25, -0.2) is 4.39 Å². The van der Waals surface area contributed by atoms with Crippen LogP contribution in [0.3, 0.4) is 0 Å². The van der Waals surface area contributed by atoms with Crippen LogP contribution < -0.4 is 5.32 Å². The quantitative estimate of drug-likeness (QED) is 0.433. The molecule has 0 saturated heterocycles. The van der Waals surface area contributed by atoms with Gasteiger partial charge in [0.15, 0.2) is 11.0 Å². The van der Waals surface area contributed by atoms with Crippen LogP contribution in [0.5, 0.6) is 0 Å². The van der Waals surface area contributed by atoms with Gasteiger partial charge in [0.2, 0.25) is 5.91 Å².